The number of hydrogen-bond acceptors (Lipinski definition) is 3. The molecule has 1 fully saturated rings. The molecule has 0 saturated heterocycles. The van der Waals surface area contributed by atoms with Gasteiger partial charge in [0.15, 0.2) is 0 Å². The van der Waals surface area contributed by atoms with Gasteiger partial charge < -0.3 is 10.4 Å². The molecule has 4 heteroatoms. The molecule has 82 valence electrons. The first kappa shape index (κ1) is 10.5. The third-order valence-corrected chi connectivity index (χ3v) is 2.71. The summed E-state index contributed by atoms with van der Waals surface area (Å²) in [5, 5.41) is 12.7. The van der Waals surface area contributed by atoms with E-state index in [4.69, 9.17) is 0 Å². The molecule has 2 N–H and O–H groups in total. The van der Waals surface area contributed by atoms with Gasteiger partial charge in [-0.1, -0.05) is 0 Å². The quantitative estimate of drug-likeness (QED) is 0.784. The van der Waals surface area contributed by atoms with Crippen LogP contribution in [0.15, 0.2) is 18.3 Å². The lowest BCUT2D eigenvalue weighted by Crippen LogP contribution is -2.44. The van der Waals surface area contributed by atoms with Gasteiger partial charge in [-0.15, -0.1) is 0 Å². The lowest BCUT2D eigenvalue weighted by atomic mass is 9.98. The Bertz CT molecular complexity index is 337. The second-order valence-corrected chi connectivity index (χ2v) is 4.27. The maximum Gasteiger partial charge on any atom is 0.141 e. The van der Waals surface area contributed by atoms with Crippen molar-refractivity contribution in [1.29, 1.82) is 0 Å². The van der Waals surface area contributed by atoms with Crippen molar-refractivity contribution in [2.45, 2.75) is 31.3 Å². The molecule has 1 unspecified atom stereocenters. The number of aliphatic hydroxyl groups is 1. The minimum Gasteiger partial charge on any atom is -0.394 e. The van der Waals surface area contributed by atoms with E-state index < -0.39 is 5.54 Å². The van der Waals surface area contributed by atoms with Gasteiger partial charge >= 0.3 is 0 Å². The monoisotopic (exact) mass is 210 g/mol. The molecule has 2 rings (SSSR count). The van der Waals surface area contributed by atoms with Gasteiger partial charge in [0, 0.05) is 6.04 Å². The SMILES string of the molecule is CC(CO)(NC1CC1)c1ccc(F)cn1. The maximum absolute atomic E-state index is 12.7. The molecule has 1 aliphatic carbocycles. The Kier molecular flexibility index (Phi) is 2.71. The number of pyridine rings is 1. The normalized spacial score (nSPS) is 19.9. The summed E-state index contributed by atoms with van der Waals surface area (Å²) in [5.41, 5.74) is 0.118. The number of nitrogens with one attached hydrogen (secondary N) is 1. The van der Waals surface area contributed by atoms with E-state index in [0.717, 1.165) is 12.8 Å². The van der Waals surface area contributed by atoms with Crippen molar-refractivity contribution in [3.8, 4) is 0 Å². The van der Waals surface area contributed by atoms with E-state index in [0.29, 0.717) is 11.7 Å². The Hall–Kier alpha value is -1.00. The Labute approximate surface area is 88.3 Å². The molecule has 0 aromatic carbocycles. The third-order valence-electron chi connectivity index (χ3n) is 2.71. The van der Waals surface area contributed by atoms with Crippen molar-refractivity contribution in [2.75, 3.05) is 6.61 Å². The summed E-state index contributed by atoms with van der Waals surface area (Å²) in [6.07, 6.45) is 3.45. The van der Waals surface area contributed by atoms with Gasteiger partial charge in [0.05, 0.1) is 24.0 Å². The summed E-state index contributed by atoms with van der Waals surface area (Å²) in [7, 11) is 0. The topological polar surface area (TPSA) is 45.1 Å². The van der Waals surface area contributed by atoms with Gasteiger partial charge in [0.1, 0.15) is 5.82 Å². The molecule has 0 bridgehead atoms. The van der Waals surface area contributed by atoms with Crippen LogP contribution < -0.4 is 5.32 Å². The molecule has 1 atom stereocenters. The first-order chi connectivity index (χ1) is 7.14. The van der Waals surface area contributed by atoms with E-state index in [1.807, 2.05) is 6.92 Å². The van der Waals surface area contributed by atoms with Crippen molar-refractivity contribution < 1.29 is 9.50 Å². The second-order valence-electron chi connectivity index (χ2n) is 4.27. The zero-order chi connectivity index (χ0) is 10.9. The largest absolute Gasteiger partial charge is 0.394 e. The van der Waals surface area contributed by atoms with Crippen LogP contribution in [0.25, 0.3) is 0 Å². The minimum absolute atomic E-state index is 0.0396. The van der Waals surface area contributed by atoms with Crippen molar-refractivity contribution in [3.05, 3.63) is 29.8 Å². The smallest absolute Gasteiger partial charge is 0.141 e. The van der Waals surface area contributed by atoms with Crippen molar-refractivity contribution >= 4 is 0 Å². The van der Waals surface area contributed by atoms with Crippen LogP contribution in [0.3, 0.4) is 0 Å². The molecule has 0 aliphatic heterocycles. The molecule has 1 heterocycles. The molecule has 1 aliphatic rings. The molecule has 1 saturated carbocycles. The Balaban J connectivity index is 2.19. The lowest BCUT2D eigenvalue weighted by molar-refractivity contribution is 0.169. The van der Waals surface area contributed by atoms with E-state index in [1.165, 1.54) is 12.3 Å². The Morgan fingerprint density at radius 1 is 1.60 bits per heavy atom. The second kappa shape index (κ2) is 3.87. The summed E-state index contributed by atoms with van der Waals surface area (Å²) < 4.78 is 12.7. The molecule has 0 amide bonds. The predicted molar refractivity (Wildman–Crippen MR) is 54.8 cm³/mol. The van der Waals surface area contributed by atoms with Gasteiger partial charge in [-0.2, -0.15) is 0 Å². The standard InChI is InChI=1S/C11H15FN2O/c1-11(7-15,14-9-3-4-9)10-5-2-8(12)6-13-10/h2,5-6,9,14-15H,3-4,7H2,1H3. The summed E-state index contributed by atoms with van der Waals surface area (Å²) in [4.78, 5) is 4.00. The average molecular weight is 210 g/mol. The number of aliphatic hydroxyl groups excluding tert-OH is 1. The van der Waals surface area contributed by atoms with Gasteiger partial charge in [-0.25, -0.2) is 4.39 Å². The number of aromatic nitrogens is 1. The van der Waals surface area contributed by atoms with Crippen LogP contribution in [0.4, 0.5) is 4.39 Å². The van der Waals surface area contributed by atoms with Crippen LogP contribution in [0.5, 0.6) is 0 Å². The van der Waals surface area contributed by atoms with Crippen LogP contribution in [0.2, 0.25) is 0 Å². The first-order valence-electron chi connectivity index (χ1n) is 5.15. The molecule has 0 spiro atoms. The predicted octanol–water partition coefficient (Wildman–Crippen LogP) is 1.18. The van der Waals surface area contributed by atoms with Crippen molar-refractivity contribution in [3.63, 3.8) is 0 Å². The molecular weight excluding hydrogens is 195 g/mol. The van der Waals surface area contributed by atoms with Gasteiger partial charge in [-0.3, -0.25) is 4.98 Å². The van der Waals surface area contributed by atoms with Gasteiger partial charge in [0.25, 0.3) is 0 Å². The highest BCUT2D eigenvalue weighted by molar-refractivity contribution is 5.16. The van der Waals surface area contributed by atoms with Crippen molar-refractivity contribution in [2.24, 2.45) is 0 Å². The molecular formula is C11H15FN2O. The van der Waals surface area contributed by atoms with Crippen LogP contribution in [-0.2, 0) is 5.54 Å². The Morgan fingerprint density at radius 2 is 2.33 bits per heavy atom. The molecule has 15 heavy (non-hydrogen) atoms. The summed E-state index contributed by atoms with van der Waals surface area (Å²) in [6, 6.07) is 3.44. The fourth-order valence-corrected chi connectivity index (χ4v) is 1.58. The number of halogens is 1. The van der Waals surface area contributed by atoms with Gasteiger partial charge in [0.2, 0.25) is 0 Å². The average Bonchev–Trinajstić information content (AvgIpc) is 3.02. The zero-order valence-electron chi connectivity index (χ0n) is 8.70. The van der Waals surface area contributed by atoms with E-state index in [1.54, 1.807) is 6.07 Å². The fraction of sp³-hybridized carbons (Fsp3) is 0.545. The van der Waals surface area contributed by atoms with Gasteiger partial charge in [-0.05, 0) is 31.9 Å². The first-order valence-corrected chi connectivity index (χ1v) is 5.15. The van der Waals surface area contributed by atoms with Crippen LogP contribution in [-0.4, -0.2) is 22.7 Å². The van der Waals surface area contributed by atoms with E-state index in [9.17, 15) is 9.50 Å². The molecule has 1 aromatic heterocycles. The number of nitrogens with zero attached hydrogens (tertiary/aromatic N) is 1. The third kappa shape index (κ3) is 2.33. The maximum atomic E-state index is 12.7. The van der Waals surface area contributed by atoms with E-state index in [-0.39, 0.29) is 12.4 Å². The molecule has 0 radical (unpaired) electrons. The summed E-state index contributed by atoms with van der Waals surface area (Å²) in [6.45, 7) is 1.84. The summed E-state index contributed by atoms with van der Waals surface area (Å²) >= 11 is 0. The van der Waals surface area contributed by atoms with Crippen LogP contribution in [0, 0.1) is 5.82 Å². The van der Waals surface area contributed by atoms with Crippen LogP contribution in [0.1, 0.15) is 25.5 Å². The van der Waals surface area contributed by atoms with E-state index >= 15 is 0 Å². The van der Waals surface area contributed by atoms with Crippen molar-refractivity contribution in [1.82, 2.24) is 10.3 Å². The highest BCUT2D eigenvalue weighted by Crippen LogP contribution is 2.27. The van der Waals surface area contributed by atoms with E-state index in [2.05, 4.69) is 10.3 Å². The minimum atomic E-state index is -0.561. The molecule has 1 aromatic rings. The zero-order valence-corrected chi connectivity index (χ0v) is 8.70. The fourth-order valence-electron chi connectivity index (χ4n) is 1.58. The summed E-state index contributed by atoms with van der Waals surface area (Å²) in [5.74, 6) is -0.356. The lowest BCUT2D eigenvalue weighted by Gasteiger charge is -2.28. The van der Waals surface area contributed by atoms with Crippen LogP contribution >= 0.6 is 0 Å². The highest BCUT2D eigenvalue weighted by atomic mass is 19.1. The highest BCUT2D eigenvalue weighted by Gasteiger charge is 2.34. The number of rotatable bonds is 4. The number of hydrogen-bond donors (Lipinski definition) is 2. The molecule has 3 nitrogen and oxygen atoms in total. The Morgan fingerprint density at radius 3 is 2.80 bits per heavy atom.